The minimum atomic E-state index is 0.327. The molecule has 0 saturated carbocycles. The molecule has 2 aliphatic heterocycles. The van der Waals surface area contributed by atoms with E-state index >= 15 is 0 Å². The second-order valence-corrected chi connectivity index (χ2v) is 7.97. The number of benzene rings is 2. The van der Waals surface area contributed by atoms with E-state index < -0.39 is 0 Å². The van der Waals surface area contributed by atoms with Crippen LogP contribution >= 0.6 is 11.8 Å². The average Bonchev–Trinajstić information content (AvgIpc) is 2.85. The molecule has 2 heterocycles. The van der Waals surface area contributed by atoms with Gasteiger partial charge in [0, 0.05) is 17.3 Å². The first-order valence-electron chi connectivity index (χ1n) is 8.57. The molecule has 0 aliphatic carbocycles. The lowest BCUT2D eigenvalue weighted by Crippen LogP contribution is -2.47. The Morgan fingerprint density at radius 1 is 1.09 bits per heavy atom. The van der Waals surface area contributed by atoms with Gasteiger partial charge >= 0.3 is 0 Å². The van der Waals surface area contributed by atoms with Crippen LogP contribution in [0.3, 0.4) is 0 Å². The van der Waals surface area contributed by atoms with Gasteiger partial charge in [0.15, 0.2) is 0 Å². The predicted octanol–water partition coefficient (Wildman–Crippen LogP) is 4.27. The molecule has 3 heteroatoms. The third kappa shape index (κ3) is 2.76. The monoisotopic (exact) mass is 325 g/mol. The van der Waals surface area contributed by atoms with Crippen LogP contribution in [0, 0.1) is 0 Å². The van der Waals surface area contributed by atoms with Crippen LogP contribution in [-0.2, 0) is 11.2 Å². The highest BCUT2D eigenvalue weighted by atomic mass is 32.2. The van der Waals surface area contributed by atoms with Crippen molar-refractivity contribution in [2.75, 3.05) is 6.26 Å². The highest BCUT2D eigenvalue weighted by Gasteiger charge is 2.42. The van der Waals surface area contributed by atoms with Crippen molar-refractivity contribution in [2.45, 2.75) is 49.4 Å². The van der Waals surface area contributed by atoms with Gasteiger partial charge in [-0.1, -0.05) is 42.5 Å². The van der Waals surface area contributed by atoms with Gasteiger partial charge in [0.25, 0.3) is 0 Å². The topological polar surface area (TPSA) is 20.3 Å². The molecule has 2 bridgehead atoms. The van der Waals surface area contributed by atoms with E-state index in [-0.39, 0.29) is 0 Å². The SMILES string of the molecule is CSC1CC2CCC(C1)N2C(=O)Cc1cccc2ccccc12. The molecule has 4 rings (SSSR count). The fourth-order valence-electron chi connectivity index (χ4n) is 4.43. The van der Waals surface area contributed by atoms with Gasteiger partial charge in [0.2, 0.25) is 5.91 Å². The number of nitrogens with zero attached hydrogens (tertiary/aromatic N) is 1. The van der Waals surface area contributed by atoms with Crippen LogP contribution in [0.2, 0.25) is 0 Å². The molecule has 2 unspecified atom stereocenters. The van der Waals surface area contributed by atoms with Gasteiger partial charge in [-0.15, -0.1) is 0 Å². The molecular weight excluding hydrogens is 302 g/mol. The first-order chi connectivity index (χ1) is 11.3. The summed E-state index contributed by atoms with van der Waals surface area (Å²) in [5.41, 5.74) is 1.17. The third-order valence-corrected chi connectivity index (χ3v) is 6.58. The number of fused-ring (bicyclic) bond motifs is 3. The van der Waals surface area contributed by atoms with Crippen molar-refractivity contribution in [1.82, 2.24) is 4.90 Å². The number of thioether (sulfide) groups is 1. The van der Waals surface area contributed by atoms with Crippen LogP contribution in [-0.4, -0.2) is 34.4 Å². The minimum absolute atomic E-state index is 0.327. The van der Waals surface area contributed by atoms with Gasteiger partial charge in [0.05, 0.1) is 6.42 Å². The van der Waals surface area contributed by atoms with Crippen molar-refractivity contribution in [3.63, 3.8) is 0 Å². The normalized spacial score (nSPS) is 26.7. The number of rotatable bonds is 3. The van der Waals surface area contributed by atoms with Gasteiger partial charge in [-0.3, -0.25) is 4.79 Å². The summed E-state index contributed by atoms with van der Waals surface area (Å²) >= 11 is 1.97. The van der Waals surface area contributed by atoms with Crippen LogP contribution in [0.25, 0.3) is 10.8 Å². The Hall–Kier alpha value is -1.48. The molecule has 2 saturated heterocycles. The maximum absolute atomic E-state index is 13.0. The summed E-state index contributed by atoms with van der Waals surface area (Å²) in [5, 5.41) is 3.19. The second kappa shape index (κ2) is 6.20. The molecule has 2 atom stereocenters. The van der Waals surface area contributed by atoms with Crippen LogP contribution in [0.4, 0.5) is 0 Å². The van der Waals surface area contributed by atoms with Gasteiger partial charge < -0.3 is 4.90 Å². The highest BCUT2D eigenvalue weighted by molar-refractivity contribution is 7.99. The van der Waals surface area contributed by atoms with Gasteiger partial charge in [0.1, 0.15) is 0 Å². The van der Waals surface area contributed by atoms with E-state index in [9.17, 15) is 4.79 Å². The predicted molar refractivity (Wildman–Crippen MR) is 97.8 cm³/mol. The average molecular weight is 325 g/mol. The third-order valence-electron chi connectivity index (χ3n) is 5.53. The lowest BCUT2D eigenvalue weighted by atomic mass is 9.98. The molecule has 2 fully saturated rings. The number of carbonyl (C=O) groups is 1. The Bertz CT molecular complexity index is 709. The quantitative estimate of drug-likeness (QED) is 0.840. The molecule has 2 aromatic carbocycles. The van der Waals surface area contributed by atoms with Crippen molar-refractivity contribution < 1.29 is 4.79 Å². The lowest BCUT2D eigenvalue weighted by molar-refractivity contribution is -0.134. The molecule has 2 nitrogen and oxygen atoms in total. The van der Waals surface area contributed by atoms with Crippen molar-refractivity contribution in [3.05, 3.63) is 48.0 Å². The van der Waals surface area contributed by atoms with E-state index in [2.05, 4.69) is 53.6 Å². The van der Waals surface area contributed by atoms with E-state index in [0.717, 1.165) is 5.25 Å². The van der Waals surface area contributed by atoms with Crippen molar-refractivity contribution >= 4 is 28.4 Å². The Morgan fingerprint density at radius 2 is 1.78 bits per heavy atom. The van der Waals surface area contributed by atoms with Gasteiger partial charge in [-0.25, -0.2) is 0 Å². The molecule has 0 radical (unpaired) electrons. The first-order valence-corrected chi connectivity index (χ1v) is 9.85. The summed E-state index contributed by atoms with van der Waals surface area (Å²) in [4.78, 5) is 15.2. The summed E-state index contributed by atoms with van der Waals surface area (Å²) in [6.07, 6.45) is 7.50. The standard InChI is InChI=1S/C20H23NOS/c1-23-18-12-16-9-10-17(13-18)21(16)20(22)11-15-7-4-6-14-5-2-3-8-19(14)15/h2-8,16-18H,9-13H2,1H3. The number of hydrogen-bond acceptors (Lipinski definition) is 2. The minimum Gasteiger partial charge on any atom is -0.336 e. The molecule has 2 aromatic rings. The summed E-state index contributed by atoms with van der Waals surface area (Å²) in [6.45, 7) is 0. The Morgan fingerprint density at radius 3 is 2.52 bits per heavy atom. The van der Waals surface area contributed by atoms with Crippen LogP contribution < -0.4 is 0 Å². The van der Waals surface area contributed by atoms with Gasteiger partial charge in [-0.2, -0.15) is 11.8 Å². The summed E-state index contributed by atoms with van der Waals surface area (Å²) < 4.78 is 0. The Labute approximate surface area is 142 Å². The van der Waals surface area contributed by atoms with Crippen LogP contribution in [0.15, 0.2) is 42.5 Å². The maximum atomic E-state index is 13.0. The highest BCUT2D eigenvalue weighted by Crippen LogP contribution is 2.40. The zero-order chi connectivity index (χ0) is 15.8. The molecule has 0 N–H and O–H groups in total. The number of carbonyl (C=O) groups excluding carboxylic acids is 1. The summed E-state index contributed by atoms with van der Waals surface area (Å²) in [7, 11) is 0. The zero-order valence-electron chi connectivity index (χ0n) is 13.6. The molecule has 2 aliphatic rings. The van der Waals surface area contributed by atoms with E-state index in [0.29, 0.717) is 24.4 Å². The fourth-order valence-corrected chi connectivity index (χ4v) is 5.26. The van der Waals surface area contributed by atoms with E-state index in [4.69, 9.17) is 0 Å². The summed E-state index contributed by atoms with van der Waals surface area (Å²) in [6, 6.07) is 15.6. The number of hydrogen-bond donors (Lipinski definition) is 0. The van der Waals surface area contributed by atoms with Crippen molar-refractivity contribution in [3.8, 4) is 0 Å². The Balaban J connectivity index is 1.56. The van der Waals surface area contributed by atoms with Crippen molar-refractivity contribution in [1.29, 1.82) is 0 Å². The van der Waals surface area contributed by atoms with Gasteiger partial charge in [-0.05, 0) is 48.3 Å². The van der Waals surface area contributed by atoms with E-state index in [1.165, 1.54) is 42.0 Å². The van der Waals surface area contributed by atoms with E-state index in [1.807, 2.05) is 11.8 Å². The Kier molecular flexibility index (Phi) is 4.06. The molecular formula is C20H23NOS. The second-order valence-electron chi connectivity index (χ2n) is 6.83. The van der Waals surface area contributed by atoms with Crippen molar-refractivity contribution in [2.24, 2.45) is 0 Å². The number of amides is 1. The van der Waals surface area contributed by atoms with E-state index in [1.54, 1.807) is 0 Å². The number of piperidine rings is 1. The zero-order valence-corrected chi connectivity index (χ0v) is 14.4. The smallest absolute Gasteiger partial charge is 0.227 e. The molecule has 120 valence electrons. The molecule has 0 aromatic heterocycles. The molecule has 0 spiro atoms. The first kappa shape index (κ1) is 15.1. The fraction of sp³-hybridized carbons (Fsp3) is 0.450. The largest absolute Gasteiger partial charge is 0.336 e. The maximum Gasteiger partial charge on any atom is 0.227 e. The molecule has 23 heavy (non-hydrogen) atoms. The van der Waals surface area contributed by atoms with Crippen LogP contribution in [0.5, 0.6) is 0 Å². The van der Waals surface area contributed by atoms with Crippen LogP contribution in [0.1, 0.15) is 31.2 Å². The lowest BCUT2D eigenvalue weighted by Gasteiger charge is -2.38. The molecule has 1 amide bonds. The summed E-state index contributed by atoms with van der Waals surface area (Å²) in [5.74, 6) is 0.327.